The first kappa shape index (κ1) is 19.9. The summed E-state index contributed by atoms with van der Waals surface area (Å²) in [5.74, 6) is -0.241. The Morgan fingerprint density at radius 2 is 1.73 bits per heavy atom. The zero-order chi connectivity index (χ0) is 18.8. The van der Waals surface area contributed by atoms with Crippen molar-refractivity contribution in [1.29, 1.82) is 0 Å². The molecule has 2 rings (SSSR count). The van der Waals surface area contributed by atoms with Gasteiger partial charge in [-0.25, -0.2) is 0 Å². The van der Waals surface area contributed by atoms with Crippen molar-refractivity contribution in [3.8, 4) is 0 Å². The molecule has 138 valence electrons. The summed E-state index contributed by atoms with van der Waals surface area (Å²) in [7, 11) is 1.62. The minimum Gasteiger partial charge on any atom is -0.375 e. The van der Waals surface area contributed by atoms with E-state index in [1.807, 2.05) is 30.3 Å². The summed E-state index contributed by atoms with van der Waals surface area (Å²) in [6.45, 7) is 0.845. The number of carbonyl (C=O) groups is 2. The van der Waals surface area contributed by atoms with Gasteiger partial charge in [-0.3, -0.25) is 9.59 Å². The number of hydrogen-bond donors (Lipinski definition) is 2. The molecule has 1 unspecified atom stereocenters. The highest BCUT2D eigenvalue weighted by atomic mass is 35.5. The van der Waals surface area contributed by atoms with Gasteiger partial charge in [-0.2, -0.15) is 0 Å². The van der Waals surface area contributed by atoms with E-state index in [4.69, 9.17) is 16.3 Å². The number of amides is 2. The van der Waals surface area contributed by atoms with Gasteiger partial charge in [0.1, 0.15) is 0 Å². The molecular formula is C20H23ClN2O3. The molecule has 0 bridgehead atoms. The Hall–Kier alpha value is -2.37. The molecule has 2 aromatic rings. The molecule has 2 N–H and O–H groups in total. The molecule has 6 heteroatoms. The van der Waals surface area contributed by atoms with Crippen LogP contribution in [0, 0.1) is 0 Å². The Kier molecular flexibility index (Phi) is 8.12. The van der Waals surface area contributed by atoms with E-state index >= 15 is 0 Å². The second-order valence-electron chi connectivity index (χ2n) is 5.81. The first-order valence-corrected chi connectivity index (χ1v) is 8.86. The van der Waals surface area contributed by atoms with Crippen molar-refractivity contribution < 1.29 is 14.3 Å². The third-order valence-corrected chi connectivity index (χ3v) is 4.17. The number of methoxy groups -OCH3 is 1. The minimum atomic E-state index is -0.176. The van der Waals surface area contributed by atoms with Gasteiger partial charge in [0.25, 0.3) is 5.91 Å². The molecule has 0 aromatic heterocycles. The van der Waals surface area contributed by atoms with E-state index < -0.39 is 0 Å². The third kappa shape index (κ3) is 6.50. The number of rotatable bonds is 9. The van der Waals surface area contributed by atoms with E-state index in [0.29, 0.717) is 36.5 Å². The molecular weight excluding hydrogens is 352 g/mol. The Labute approximate surface area is 158 Å². The van der Waals surface area contributed by atoms with Crippen LogP contribution < -0.4 is 10.6 Å². The van der Waals surface area contributed by atoms with E-state index in [2.05, 4.69) is 10.6 Å². The van der Waals surface area contributed by atoms with Crippen LogP contribution in [0.1, 0.15) is 34.9 Å². The zero-order valence-electron chi connectivity index (χ0n) is 14.7. The van der Waals surface area contributed by atoms with Crippen molar-refractivity contribution in [1.82, 2.24) is 10.6 Å². The summed E-state index contributed by atoms with van der Waals surface area (Å²) >= 11 is 5.79. The maximum absolute atomic E-state index is 12.0. The molecule has 0 aliphatic heterocycles. The summed E-state index contributed by atoms with van der Waals surface area (Å²) in [5, 5.41) is 6.24. The SMILES string of the molecule is COC(CNC(=O)CCCNC(=O)c1ccc(Cl)cc1)c1ccccc1. The fourth-order valence-corrected chi connectivity index (χ4v) is 2.58. The second kappa shape index (κ2) is 10.6. The smallest absolute Gasteiger partial charge is 0.251 e. The van der Waals surface area contributed by atoms with Gasteiger partial charge >= 0.3 is 0 Å². The fraction of sp³-hybridized carbons (Fsp3) is 0.300. The number of halogens is 1. The van der Waals surface area contributed by atoms with Gasteiger partial charge in [-0.15, -0.1) is 0 Å². The highest BCUT2D eigenvalue weighted by molar-refractivity contribution is 6.30. The molecule has 26 heavy (non-hydrogen) atoms. The summed E-state index contributed by atoms with van der Waals surface area (Å²) in [4.78, 5) is 23.9. The van der Waals surface area contributed by atoms with E-state index in [9.17, 15) is 9.59 Å². The maximum atomic E-state index is 12.0. The summed E-state index contributed by atoms with van der Waals surface area (Å²) in [6.07, 6.45) is 0.727. The van der Waals surface area contributed by atoms with E-state index in [0.717, 1.165) is 5.56 Å². The summed E-state index contributed by atoms with van der Waals surface area (Å²) in [5.41, 5.74) is 1.56. The highest BCUT2D eigenvalue weighted by Gasteiger charge is 2.11. The first-order valence-electron chi connectivity index (χ1n) is 8.48. The van der Waals surface area contributed by atoms with Crippen molar-refractivity contribution in [3.05, 3.63) is 70.7 Å². The maximum Gasteiger partial charge on any atom is 0.251 e. The molecule has 0 saturated heterocycles. The van der Waals surface area contributed by atoms with Gasteiger partial charge in [-0.1, -0.05) is 41.9 Å². The van der Waals surface area contributed by atoms with Gasteiger partial charge in [0, 0.05) is 37.2 Å². The quantitative estimate of drug-likeness (QED) is 0.661. The van der Waals surface area contributed by atoms with Crippen LogP contribution in [0.2, 0.25) is 5.02 Å². The predicted octanol–water partition coefficient (Wildman–Crippen LogP) is 3.35. The van der Waals surface area contributed by atoms with Crippen molar-refractivity contribution in [2.45, 2.75) is 18.9 Å². The van der Waals surface area contributed by atoms with Crippen molar-refractivity contribution >= 4 is 23.4 Å². The van der Waals surface area contributed by atoms with Crippen molar-refractivity contribution in [3.63, 3.8) is 0 Å². The van der Waals surface area contributed by atoms with Gasteiger partial charge in [0.2, 0.25) is 5.91 Å². The zero-order valence-corrected chi connectivity index (χ0v) is 15.5. The predicted molar refractivity (Wildman–Crippen MR) is 102 cm³/mol. The van der Waals surface area contributed by atoms with E-state index in [-0.39, 0.29) is 17.9 Å². The molecule has 2 aromatic carbocycles. The van der Waals surface area contributed by atoms with Crippen LogP contribution in [0.15, 0.2) is 54.6 Å². The number of nitrogens with one attached hydrogen (secondary N) is 2. The average Bonchev–Trinajstić information content (AvgIpc) is 2.67. The summed E-state index contributed by atoms with van der Waals surface area (Å²) in [6, 6.07) is 16.4. The van der Waals surface area contributed by atoms with Crippen LogP contribution in [-0.2, 0) is 9.53 Å². The van der Waals surface area contributed by atoms with Crippen molar-refractivity contribution in [2.24, 2.45) is 0 Å². The Morgan fingerprint density at radius 3 is 2.38 bits per heavy atom. The molecule has 5 nitrogen and oxygen atoms in total. The average molecular weight is 375 g/mol. The lowest BCUT2D eigenvalue weighted by Gasteiger charge is -2.16. The van der Waals surface area contributed by atoms with Crippen molar-refractivity contribution in [2.75, 3.05) is 20.2 Å². The standard InChI is InChI=1S/C20H23ClN2O3/c1-26-18(15-6-3-2-4-7-15)14-23-19(24)8-5-13-22-20(25)16-9-11-17(21)12-10-16/h2-4,6-7,9-12,18H,5,8,13-14H2,1H3,(H,22,25)(H,23,24). The molecule has 0 spiro atoms. The van der Waals surface area contributed by atoms with E-state index in [1.54, 1.807) is 31.4 Å². The van der Waals surface area contributed by atoms with Crippen LogP contribution in [0.4, 0.5) is 0 Å². The Balaban J connectivity index is 1.65. The van der Waals surface area contributed by atoms with Crippen LogP contribution in [0.3, 0.4) is 0 Å². The Bertz CT molecular complexity index is 705. The molecule has 0 aliphatic rings. The minimum absolute atomic E-state index is 0.0660. The molecule has 0 aliphatic carbocycles. The number of carbonyl (C=O) groups excluding carboxylic acids is 2. The van der Waals surface area contributed by atoms with Crippen LogP contribution in [0.25, 0.3) is 0 Å². The van der Waals surface area contributed by atoms with E-state index in [1.165, 1.54) is 0 Å². The molecule has 2 amide bonds. The molecule has 0 fully saturated rings. The second-order valence-corrected chi connectivity index (χ2v) is 6.24. The van der Waals surface area contributed by atoms with Gasteiger partial charge in [0.15, 0.2) is 0 Å². The normalized spacial score (nSPS) is 11.6. The molecule has 0 heterocycles. The largest absolute Gasteiger partial charge is 0.375 e. The number of hydrogen-bond acceptors (Lipinski definition) is 3. The lowest BCUT2D eigenvalue weighted by molar-refractivity contribution is -0.121. The first-order chi connectivity index (χ1) is 12.6. The third-order valence-electron chi connectivity index (χ3n) is 3.91. The van der Waals surface area contributed by atoms with Crippen LogP contribution in [0.5, 0.6) is 0 Å². The van der Waals surface area contributed by atoms with Crippen LogP contribution in [-0.4, -0.2) is 32.0 Å². The van der Waals surface area contributed by atoms with Gasteiger partial charge in [0.05, 0.1) is 6.10 Å². The highest BCUT2D eigenvalue weighted by Crippen LogP contribution is 2.14. The lowest BCUT2D eigenvalue weighted by Crippen LogP contribution is -2.30. The topological polar surface area (TPSA) is 67.4 Å². The fourth-order valence-electron chi connectivity index (χ4n) is 2.45. The Morgan fingerprint density at radius 1 is 1.04 bits per heavy atom. The molecule has 0 saturated carbocycles. The van der Waals surface area contributed by atoms with Gasteiger partial charge in [-0.05, 0) is 36.2 Å². The molecule has 0 radical (unpaired) electrons. The van der Waals surface area contributed by atoms with Gasteiger partial charge < -0.3 is 15.4 Å². The number of benzene rings is 2. The van der Waals surface area contributed by atoms with Crippen LogP contribution >= 0.6 is 11.6 Å². The number of ether oxygens (including phenoxy) is 1. The lowest BCUT2D eigenvalue weighted by atomic mass is 10.1. The molecule has 1 atom stereocenters. The monoisotopic (exact) mass is 374 g/mol. The summed E-state index contributed by atoms with van der Waals surface area (Å²) < 4.78 is 5.42.